The molecule has 6 atom stereocenters. The van der Waals surface area contributed by atoms with Crippen molar-refractivity contribution in [3.63, 3.8) is 0 Å². The molecule has 26 heavy (non-hydrogen) atoms. The first-order valence-corrected chi connectivity index (χ1v) is 9.36. The fourth-order valence-corrected chi connectivity index (χ4v) is 6.72. The predicted molar refractivity (Wildman–Crippen MR) is 90.2 cm³/mol. The molecule has 7 heteroatoms. The van der Waals surface area contributed by atoms with E-state index in [-0.39, 0.29) is 27.9 Å². The molecule has 0 radical (unpaired) electrons. The molecule has 1 aromatic carbocycles. The molecule has 138 valence electrons. The fourth-order valence-electron chi connectivity index (χ4n) is 6.72. The van der Waals surface area contributed by atoms with Crippen molar-refractivity contribution in [1.82, 2.24) is 0 Å². The molecule has 0 aromatic heterocycles. The second-order valence-corrected chi connectivity index (χ2v) is 9.33. The minimum Gasteiger partial charge on any atom is -0.463 e. The average molecular weight is 360 g/mol. The van der Waals surface area contributed by atoms with Crippen LogP contribution in [-0.2, 0) is 14.0 Å². The molecule has 2 heterocycles. The SMILES string of the molecule is CC1(C)Oc2c(B3OC45CC6CC(C64C)[C@]5(C)O3)ccc(F)c2C(O)O1. The van der Waals surface area contributed by atoms with Gasteiger partial charge >= 0.3 is 7.12 Å². The van der Waals surface area contributed by atoms with E-state index in [1.165, 1.54) is 12.5 Å². The first kappa shape index (κ1) is 15.9. The number of ether oxygens (including phenoxy) is 2. The third kappa shape index (κ3) is 1.38. The lowest BCUT2D eigenvalue weighted by Crippen LogP contribution is -2.92. The van der Waals surface area contributed by atoms with E-state index in [1.807, 2.05) is 0 Å². The summed E-state index contributed by atoms with van der Waals surface area (Å²) in [6, 6.07) is 2.95. The standard InChI is InChI=1S/C19H22BFO5/c1-16(2)23-14-10(5-6-11(21)13(14)15(22)24-16)20-25-18(4)12-7-9-8-19(18,26-20)17(9,12)3/h5-6,9,12,15,22H,7-8H2,1-4H3/t9?,12?,15?,17?,18-,19?/m0/s1. The molecule has 3 aliphatic carbocycles. The van der Waals surface area contributed by atoms with Crippen LogP contribution >= 0.6 is 0 Å². The van der Waals surface area contributed by atoms with E-state index >= 15 is 0 Å². The van der Waals surface area contributed by atoms with Crippen LogP contribution in [0.25, 0.3) is 0 Å². The van der Waals surface area contributed by atoms with Crippen LogP contribution in [-0.4, -0.2) is 29.2 Å². The van der Waals surface area contributed by atoms with Crippen LogP contribution in [0, 0.1) is 23.1 Å². The molecular weight excluding hydrogens is 338 g/mol. The highest BCUT2D eigenvalue weighted by Crippen LogP contribution is 2.87. The summed E-state index contributed by atoms with van der Waals surface area (Å²) in [5.74, 6) is -0.112. The van der Waals surface area contributed by atoms with Crippen LogP contribution in [0.15, 0.2) is 12.1 Å². The highest BCUT2D eigenvalue weighted by molar-refractivity contribution is 6.63. The van der Waals surface area contributed by atoms with Gasteiger partial charge < -0.3 is 23.9 Å². The van der Waals surface area contributed by atoms with Crippen LogP contribution in [0.5, 0.6) is 5.75 Å². The van der Waals surface area contributed by atoms with Gasteiger partial charge in [-0.15, -0.1) is 0 Å². The number of benzene rings is 1. The molecule has 0 bridgehead atoms. The lowest BCUT2D eigenvalue weighted by Gasteiger charge is -2.87. The van der Waals surface area contributed by atoms with Crippen molar-refractivity contribution in [2.75, 3.05) is 0 Å². The molecule has 5 unspecified atom stereocenters. The van der Waals surface area contributed by atoms with Gasteiger partial charge in [0.15, 0.2) is 6.29 Å². The number of aliphatic hydroxyl groups is 1. The molecule has 1 spiro atoms. The number of hydrogen-bond donors (Lipinski definition) is 1. The molecule has 5 nitrogen and oxygen atoms in total. The van der Waals surface area contributed by atoms with Crippen molar-refractivity contribution in [2.45, 2.75) is 63.8 Å². The first-order valence-electron chi connectivity index (χ1n) is 9.36. The third-order valence-electron chi connectivity index (χ3n) is 8.04. The summed E-state index contributed by atoms with van der Waals surface area (Å²) in [6.45, 7) is 7.82. The number of halogens is 1. The van der Waals surface area contributed by atoms with Crippen LogP contribution in [0.2, 0.25) is 0 Å². The Labute approximate surface area is 151 Å². The average Bonchev–Trinajstić information content (AvgIpc) is 2.86. The van der Waals surface area contributed by atoms with Crippen LogP contribution < -0.4 is 10.2 Å². The van der Waals surface area contributed by atoms with Gasteiger partial charge in [-0.05, 0) is 37.7 Å². The van der Waals surface area contributed by atoms with E-state index in [1.54, 1.807) is 19.9 Å². The van der Waals surface area contributed by atoms with Crippen molar-refractivity contribution in [1.29, 1.82) is 0 Å². The Bertz CT molecular complexity index is 861. The Kier molecular flexibility index (Phi) is 2.53. The van der Waals surface area contributed by atoms with Crippen LogP contribution in [0.1, 0.15) is 52.4 Å². The maximum Gasteiger partial charge on any atom is 0.498 e. The second kappa shape index (κ2) is 4.14. The highest BCUT2D eigenvalue weighted by atomic mass is 19.1. The Hall–Kier alpha value is -1.15. The third-order valence-corrected chi connectivity index (χ3v) is 8.04. The van der Waals surface area contributed by atoms with Crippen molar-refractivity contribution < 1.29 is 28.3 Å². The zero-order valence-electron chi connectivity index (χ0n) is 15.3. The van der Waals surface area contributed by atoms with Gasteiger partial charge in [0.1, 0.15) is 11.6 Å². The number of rotatable bonds is 1. The topological polar surface area (TPSA) is 57.2 Å². The largest absolute Gasteiger partial charge is 0.498 e. The molecule has 6 rings (SSSR count). The lowest BCUT2D eigenvalue weighted by molar-refractivity contribution is -0.429. The highest BCUT2D eigenvalue weighted by Gasteiger charge is 2.93. The van der Waals surface area contributed by atoms with E-state index in [2.05, 4.69) is 13.8 Å². The quantitative estimate of drug-likeness (QED) is 0.779. The maximum atomic E-state index is 14.4. The predicted octanol–water partition coefficient (Wildman–Crippen LogP) is 2.26. The van der Waals surface area contributed by atoms with Gasteiger partial charge in [-0.1, -0.05) is 13.0 Å². The van der Waals surface area contributed by atoms with Gasteiger partial charge in [0.05, 0.1) is 16.8 Å². The summed E-state index contributed by atoms with van der Waals surface area (Å²) in [7, 11) is -0.626. The van der Waals surface area contributed by atoms with Crippen LogP contribution in [0.3, 0.4) is 0 Å². The Morgan fingerprint density at radius 3 is 2.62 bits per heavy atom. The van der Waals surface area contributed by atoms with Gasteiger partial charge in [-0.3, -0.25) is 0 Å². The minimum atomic E-state index is -1.39. The summed E-state index contributed by atoms with van der Waals surface area (Å²) in [6.07, 6.45) is 0.832. The van der Waals surface area contributed by atoms with E-state index in [9.17, 15) is 9.50 Å². The Morgan fingerprint density at radius 1 is 1.19 bits per heavy atom. The van der Waals surface area contributed by atoms with Crippen molar-refractivity contribution in [3.05, 3.63) is 23.5 Å². The Balaban J connectivity index is 1.44. The normalized spacial score (nSPS) is 49.0. The van der Waals surface area contributed by atoms with Crippen LogP contribution in [0.4, 0.5) is 4.39 Å². The maximum absolute atomic E-state index is 14.4. The molecule has 4 fully saturated rings. The smallest absolute Gasteiger partial charge is 0.463 e. The van der Waals surface area contributed by atoms with E-state index in [0.717, 1.165) is 12.3 Å². The monoisotopic (exact) mass is 360 g/mol. The number of hydrogen-bond acceptors (Lipinski definition) is 5. The van der Waals surface area contributed by atoms with Crippen molar-refractivity contribution >= 4 is 12.6 Å². The fraction of sp³-hybridized carbons (Fsp3) is 0.684. The molecule has 1 aromatic rings. The summed E-state index contributed by atoms with van der Waals surface area (Å²) in [5, 5.41) is 10.3. The number of fused-ring (bicyclic) bond motifs is 2. The van der Waals surface area contributed by atoms with Gasteiger partial charge in [0, 0.05) is 24.7 Å². The zero-order valence-corrected chi connectivity index (χ0v) is 15.3. The molecule has 1 saturated heterocycles. The van der Waals surface area contributed by atoms with Crippen molar-refractivity contribution in [3.8, 4) is 5.75 Å². The molecule has 1 N–H and O–H groups in total. The van der Waals surface area contributed by atoms with Gasteiger partial charge in [0.2, 0.25) is 5.79 Å². The van der Waals surface area contributed by atoms with Gasteiger partial charge in [0.25, 0.3) is 0 Å². The molecule has 0 amide bonds. The van der Waals surface area contributed by atoms with Crippen molar-refractivity contribution in [2.24, 2.45) is 17.3 Å². The first-order chi connectivity index (χ1) is 12.1. The summed E-state index contributed by atoms with van der Waals surface area (Å²) >= 11 is 0. The summed E-state index contributed by atoms with van der Waals surface area (Å²) in [5.41, 5.74) is 0.282. The summed E-state index contributed by atoms with van der Waals surface area (Å²) < 4.78 is 38.6. The number of aliphatic hydroxyl groups excluding tert-OH is 1. The van der Waals surface area contributed by atoms with E-state index < -0.39 is 25.0 Å². The Morgan fingerprint density at radius 2 is 1.96 bits per heavy atom. The van der Waals surface area contributed by atoms with Gasteiger partial charge in [-0.25, -0.2) is 4.39 Å². The summed E-state index contributed by atoms with van der Waals surface area (Å²) in [4.78, 5) is 0. The molecule has 3 saturated carbocycles. The second-order valence-electron chi connectivity index (χ2n) is 9.33. The van der Waals surface area contributed by atoms with E-state index in [0.29, 0.717) is 11.4 Å². The molecule has 5 aliphatic rings. The zero-order chi connectivity index (χ0) is 18.3. The van der Waals surface area contributed by atoms with Gasteiger partial charge in [-0.2, -0.15) is 0 Å². The van der Waals surface area contributed by atoms with E-state index in [4.69, 9.17) is 18.8 Å². The lowest BCUT2D eigenvalue weighted by atomic mass is 9.21. The minimum absolute atomic E-state index is 0.0107. The molecule has 2 aliphatic heterocycles. The molecular formula is C19H22BFO5.